The predicted molar refractivity (Wildman–Crippen MR) is 154 cm³/mol. The number of rotatable bonds is 7. The van der Waals surface area contributed by atoms with Crippen LogP contribution in [0.2, 0.25) is 0 Å². The van der Waals surface area contributed by atoms with Crippen molar-refractivity contribution in [2.75, 3.05) is 6.54 Å². The van der Waals surface area contributed by atoms with Crippen molar-refractivity contribution in [1.82, 2.24) is 19.5 Å². The van der Waals surface area contributed by atoms with E-state index in [1.807, 2.05) is 37.4 Å². The molecule has 3 aromatic rings. The summed E-state index contributed by atoms with van der Waals surface area (Å²) < 4.78 is 31.0. The van der Waals surface area contributed by atoms with Crippen LogP contribution in [0.4, 0.5) is 0 Å². The quantitative estimate of drug-likeness (QED) is 0.435. The van der Waals surface area contributed by atoms with Crippen LogP contribution in [0.1, 0.15) is 80.1 Å². The lowest BCUT2D eigenvalue weighted by atomic mass is 9.86. The summed E-state index contributed by atoms with van der Waals surface area (Å²) in [6, 6.07) is 16.7. The molecule has 2 heterocycles. The molecule has 0 fully saturated rings. The van der Waals surface area contributed by atoms with Crippen molar-refractivity contribution in [1.29, 1.82) is 0 Å². The zero-order valence-corrected chi connectivity index (χ0v) is 24.2. The van der Waals surface area contributed by atoms with Crippen LogP contribution in [0.25, 0.3) is 0 Å². The smallest absolute Gasteiger partial charge is 0.243 e. The number of hydrogen-bond donors (Lipinski definition) is 2. The highest BCUT2D eigenvalue weighted by Gasteiger charge is 2.38. The second-order valence-corrected chi connectivity index (χ2v) is 13.8. The molecule has 1 unspecified atom stereocenters. The van der Waals surface area contributed by atoms with Gasteiger partial charge in [0.15, 0.2) is 0 Å². The van der Waals surface area contributed by atoms with Gasteiger partial charge >= 0.3 is 0 Å². The molecule has 1 aliphatic heterocycles. The number of carbonyl (C=O) groups excluding carboxylic acids is 1. The Morgan fingerprint density at radius 1 is 1.05 bits per heavy atom. The van der Waals surface area contributed by atoms with Crippen LogP contribution in [-0.2, 0) is 34.3 Å². The third kappa shape index (κ3) is 6.13. The molecular formula is C31H40N4O3S. The average molecular weight is 549 g/mol. The lowest BCUT2D eigenvalue weighted by Gasteiger charge is -2.36. The van der Waals surface area contributed by atoms with E-state index in [0.717, 1.165) is 37.1 Å². The van der Waals surface area contributed by atoms with Crippen molar-refractivity contribution >= 4 is 15.9 Å². The third-order valence-corrected chi connectivity index (χ3v) is 9.72. The number of aromatic nitrogens is 1. The minimum absolute atomic E-state index is 0.0478. The lowest BCUT2D eigenvalue weighted by Crippen LogP contribution is -2.44. The summed E-state index contributed by atoms with van der Waals surface area (Å²) in [6.45, 7) is 10.1. The second-order valence-electron chi connectivity index (χ2n) is 11.9. The molecule has 0 bridgehead atoms. The Balaban J connectivity index is 1.34. The number of amides is 1. The number of benzene rings is 2. The maximum atomic E-state index is 13.7. The third-order valence-electron chi connectivity index (χ3n) is 7.80. The maximum absolute atomic E-state index is 13.7. The number of fused-ring (bicyclic) bond motifs is 2. The molecule has 1 amide bonds. The standard InChI is InChI=1S/C31H40N4O3S/c1-22-10-13-25(14-11-22)39(37,38)35-18-17-34-16-6-9-28(34)29(35)20-30(36)33-27-8-5-7-24-19-23(12-15-26(24)27)21-32-31(2,3)4/h6,9-16,19,27,29,32H,5,7-8,17-18,20-21H2,1-4H3,(H,33,36)/t27-,29?/m1/s1. The average Bonchev–Trinajstić information content (AvgIpc) is 3.37. The van der Waals surface area contributed by atoms with Crippen LogP contribution in [0.3, 0.4) is 0 Å². The summed E-state index contributed by atoms with van der Waals surface area (Å²) >= 11 is 0. The Kier molecular flexibility index (Phi) is 7.73. The molecule has 2 atom stereocenters. The number of nitrogens with one attached hydrogen (secondary N) is 2. The Morgan fingerprint density at radius 2 is 1.82 bits per heavy atom. The SMILES string of the molecule is Cc1ccc(S(=O)(=O)N2CCn3cccc3C2CC(=O)N[C@@H]2CCCc3cc(CNC(C)(C)C)ccc32)cc1. The Hall–Kier alpha value is -2.94. The van der Waals surface area contributed by atoms with Crippen LogP contribution in [0.15, 0.2) is 65.7 Å². The molecule has 1 aliphatic carbocycles. The van der Waals surface area contributed by atoms with Gasteiger partial charge in [-0.05, 0) is 87.9 Å². The van der Waals surface area contributed by atoms with Gasteiger partial charge in [-0.2, -0.15) is 4.31 Å². The van der Waals surface area contributed by atoms with Gasteiger partial charge in [-0.3, -0.25) is 4.79 Å². The van der Waals surface area contributed by atoms with Crippen molar-refractivity contribution in [2.45, 2.75) is 89.0 Å². The van der Waals surface area contributed by atoms with Crippen molar-refractivity contribution in [3.8, 4) is 0 Å². The monoisotopic (exact) mass is 548 g/mol. The molecule has 208 valence electrons. The van der Waals surface area contributed by atoms with Gasteiger partial charge in [0.2, 0.25) is 15.9 Å². The summed E-state index contributed by atoms with van der Waals surface area (Å²) in [4.78, 5) is 13.8. The predicted octanol–water partition coefficient (Wildman–Crippen LogP) is 5.01. The topological polar surface area (TPSA) is 83.4 Å². The van der Waals surface area contributed by atoms with E-state index in [0.29, 0.717) is 13.1 Å². The van der Waals surface area contributed by atoms with E-state index in [2.05, 4.69) is 54.2 Å². The summed E-state index contributed by atoms with van der Waals surface area (Å²) in [5.41, 5.74) is 5.61. The van der Waals surface area contributed by atoms with Gasteiger partial charge in [0, 0.05) is 43.5 Å². The van der Waals surface area contributed by atoms with Crippen LogP contribution in [-0.4, -0.2) is 35.3 Å². The molecule has 0 saturated carbocycles. The highest BCUT2D eigenvalue weighted by molar-refractivity contribution is 7.89. The highest BCUT2D eigenvalue weighted by atomic mass is 32.2. The van der Waals surface area contributed by atoms with Gasteiger partial charge in [0.1, 0.15) is 0 Å². The number of hydrogen-bond acceptors (Lipinski definition) is 4. The van der Waals surface area contributed by atoms with Gasteiger partial charge in [0.25, 0.3) is 0 Å². The van der Waals surface area contributed by atoms with E-state index in [4.69, 9.17) is 0 Å². The lowest BCUT2D eigenvalue weighted by molar-refractivity contribution is -0.123. The second kappa shape index (κ2) is 10.9. The zero-order chi connectivity index (χ0) is 27.8. The van der Waals surface area contributed by atoms with Crippen molar-refractivity contribution in [3.63, 3.8) is 0 Å². The molecule has 5 rings (SSSR count). The normalized spacial score (nSPS) is 19.8. The first-order valence-electron chi connectivity index (χ1n) is 13.9. The fourth-order valence-corrected chi connectivity index (χ4v) is 7.30. The zero-order valence-electron chi connectivity index (χ0n) is 23.4. The molecule has 7 nitrogen and oxygen atoms in total. The van der Waals surface area contributed by atoms with Gasteiger partial charge in [-0.25, -0.2) is 8.42 Å². The largest absolute Gasteiger partial charge is 0.349 e. The molecule has 39 heavy (non-hydrogen) atoms. The Bertz CT molecular complexity index is 1440. The van der Waals surface area contributed by atoms with E-state index in [1.165, 1.54) is 21.0 Å². The van der Waals surface area contributed by atoms with Crippen molar-refractivity contribution in [3.05, 3.63) is 88.7 Å². The van der Waals surface area contributed by atoms with Gasteiger partial charge in [-0.1, -0.05) is 35.9 Å². The molecule has 1 aromatic heterocycles. The van der Waals surface area contributed by atoms with Gasteiger partial charge in [0.05, 0.1) is 17.0 Å². The first-order valence-corrected chi connectivity index (χ1v) is 15.3. The minimum atomic E-state index is -3.76. The first-order chi connectivity index (χ1) is 18.5. The summed E-state index contributed by atoms with van der Waals surface area (Å²) in [5, 5.41) is 6.80. The summed E-state index contributed by atoms with van der Waals surface area (Å²) in [5.74, 6) is -0.130. The van der Waals surface area contributed by atoms with E-state index >= 15 is 0 Å². The molecule has 0 spiro atoms. The fourth-order valence-electron chi connectivity index (χ4n) is 5.71. The number of carbonyl (C=O) groups is 1. The van der Waals surface area contributed by atoms with Crippen LogP contribution >= 0.6 is 0 Å². The molecular weight excluding hydrogens is 508 g/mol. The van der Waals surface area contributed by atoms with Gasteiger partial charge < -0.3 is 15.2 Å². The fraction of sp³-hybridized carbons (Fsp3) is 0.452. The van der Waals surface area contributed by atoms with E-state index in [-0.39, 0.29) is 28.8 Å². The Labute approximate surface area is 232 Å². The van der Waals surface area contributed by atoms with Crippen LogP contribution in [0, 0.1) is 6.92 Å². The molecule has 2 N–H and O–H groups in total. The molecule has 8 heteroatoms. The highest BCUT2D eigenvalue weighted by Crippen LogP contribution is 2.35. The number of nitrogens with zero attached hydrogens (tertiary/aromatic N) is 2. The summed E-state index contributed by atoms with van der Waals surface area (Å²) in [7, 11) is -3.76. The molecule has 2 aliphatic rings. The van der Waals surface area contributed by atoms with Crippen molar-refractivity contribution in [2.24, 2.45) is 0 Å². The molecule has 0 radical (unpaired) electrons. The van der Waals surface area contributed by atoms with E-state index in [1.54, 1.807) is 12.1 Å². The number of sulfonamides is 1. The van der Waals surface area contributed by atoms with Gasteiger partial charge in [-0.15, -0.1) is 0 Å². The van der Waals surface area contributed by atoms with E-state index < -0.39 is 16.1 Å². The molecule has 0 saturated heterocycles. The van der Waals surface area contributed by atoms with E-state index in [9.17, 15) is 13.2 Å². The number of aryl methyl sites for hydroxylation is 2. The Morgan fingerprint density at radius 3 is 2.56 bits per heavy atom. The van der Waals surface area contributed by atoms with Crippen LogP contribution in [0.5, 0.6) is 0 Å². The van der Waals surface area contributed by atoms with Crippen LogP contribution < -0.4 is 10.6 Å². The molecule has 2 aromatic carbocycles. The van der Waals surface area contributed by atoms with Crippen molar-refractivity contribution < 1.29 is 13.2 Å². The minimum Gasteiger partial charge on any atom is -0.349 e. The maximum Gasteiger partial charge on any atom is 0.243 e. The first kappa shape index (κ1) is 27.6. The summed E-state index contributed by atoms with van der Waals surface area (Å²) in [6.07, 6.45) is 4.93.